The molecule has 0 aliphatic heterocycles. The minimum atomic E-state index is 0.396. The number of rotatable bonds is 4. The molecular formula is C13H11N3O2S. The highest BCUT2D eigenvalue weighted by Crippen LogP contribution is 2.25. The highest BCUT2D eigenvalue weighted by Gasteiger charge is 2.10. The van der Waals surface area contributed by atoms with Gasteiger partial charge in [-0.3, -0.25) is 0 Å². The monoisotopic (exact) mass is 273 g/mol. The van der Waals surface area contributed by atoms with E-state index in [4.69, 9.17) is 14.6 Å². The van der Waals surface area contributed by atoms with Gasteiger partial charge in [-0.05, 0) is 30.3 Å². The molecule has 0 aliphatic rings. The lowest BCUT2D eigenvalue weighted by Gasteiger charge is -1.99. The summed E-state index contributed by atoms with van der Waals surface area (Å²) in [6, 6.07) is 11.2. The largest absolute Gasteiger partial charge is 0.459 e. The number of hydrogen-bond acceptors (Lipinski definition) is 6. The first-order valence-electron chi connectivity index (χ1n) is 5.66. The summed E-state index contributed by atoms with van der Waals surface area (Å²) in [5, 5.41) is 7.92. The van der Waals surface area contributed by atoms with E-state index < -0.39 is 0 Å². The Kier molecular flexibility index (Phi) is 3.24. The smallest absolute Gasteiger partial charge is 0.283 e. The summed E-state index contributed by atoms with van der Waals surface area (Å²) >= 11 is 1.59. The molecule has 0 unspecified atom stereocenters. The molecular weight excluding hydrogens is 262 g/mol. The average Bonchev–Trinajstić information content (AvgIpc) is 3.07. The molecule has 0 bridgehead atoms. The maximum absolute atomic E-state index is 5.72. The van der Waals surface area contributed by atoms with Crippen molar-refractivity contribution < 1.29 is 8.83 Å². The van der Waals surface area contributed by atoms with Crippen molar-refractivity contribution in [1.82, 2.24) is 10.2 Å². The molecule has 2 aromatic heterocycles. The highest BCUT2D eigenvalue weighted by atomic mass is 32.2. The van der Waals surface area contributed by atoms with Gasteiger partial charge < -0.3 is 14.6 Å². The molecule has 0 saturated carbocycles. The van der Waals surface area contributed by atoms with Crippen LogP contribution in [0.15, 0.2) is 56.4 Å². The van der Waals surface area contributed by atoms with Crippen molar-refractivity contribution in [1.29, 1.82) is 0 Å². The zero-order valence-corrected chi connectivity index (χ0v) is 10.8. The third-order valence-corrected chi connectivity index (χ3v) is 3.40. The Morgan fingerprint density at radius 3 is 2.89 bits per heavy atom. The number of aromatic nitrogens is 2. The van der Waals surface area contributed by atoms with E-state index in [9.17, 15) is 0 Å². The van der Waals surface area contributed by atoms with E-state index >= 15 is 0 Å². The summed E-state index contributed by atoms with van der Waals surface area (Å²) in [7, 11) is 0. The van der Waals surface area contributed by atoms with E-state index in [2.05, 4.69) is 10.2 Å². The summed E-state index contributed by atoms with van der Waals surface area (Å²) in [5.41, 5.74) is 6.46. The zero-order chi connectivity index (χ0) is 13.1. The van der Waals surface area contributed by atoms with E-state index in [-0.39, 0.29) is 0 Å². The Morgan fingerprint density at radius 1 is 1.16 bits per heavy atom. The summed E-state index contributed by atoms with van der Waals surface area (Å²) < 4.78 is 10.7. The fraction of sp³-hybridized carbons (Fsp3) is 0.0769. The van der Waals surface area contributed by atoms with Crippen LogP contribution in [-0.2, 0) is 5.75 Å². The second kappa shape index (κ2) is 5.19. The predicted octanol–water partition coefficient (Wildman–Crippen LogP) is 3.20. The van der Waals surface area contributed by atoms with Crippen molar-refractivity contribution in [2.24, 2.45) is 0 Å². The number of anilines is 1. The summed E-state index contributed by atoms with van der Waals surface area (Å²) in [6.07, 6.45) is 1.57. The lowest BCUT2D eigenvalue weighted by molar-refractivity contribution is 0.494. The summed E-state index contributed by atoms with van der Waals surface area (Å²) in [6.45, 7) is 0. The van der Waals surface area contributed by atoms with Gasteiger partial charge >= 0.3 is 0 Å². The molecule has 0 saturated heterocycles. The number of benzene rings is 1. The molecule has 0 fully saturated rings. The lowest BCUT2D eigenvalue weighted by Crippen LogP contribution is -1.84. The standard InChI is InChI=1S/C13H11N3O2S/c14-9-3-1-4-10(7-9)19-8-12-15-16-13(18-12)11-5-2-6-17-11/h1-7H,8,14H2. The van der Waals surface area contributed by atoms with Crippen LogP contribution >= 0.6 is 11.8 Å². The second-order valence-corrected chi connectivity index (χ2v) is 4.89. The number of hydrogen-bond donors (Lipinski definition) is 1. The van der Waals surface area contributed by atoms with E-state index in [1.807, 2.05) is 24.3 Å². The fourth-order valence-corrected chi connectivity index (χ4v) is 2.36. The molecule has 6 heteroatoms. The van der Waals surface area contributed by atoms with Crippen LogP contribution in [0, 0.1) is 0 Å². The van der Waals surface area contributed by atoms with Crippen LogP contribution in [0.3, 0.4) is 0 Å². The maximum Gasteiger partial charge on any atom is 0.283 e. The molecule has 2 heterocycles. The Hall–Kier alpha value is -2.21. The lowest BCUT2D eigenvalue weighted by atomic mass is 10.3. The Morgan fingerprint density at radius 2 is 2.11 bits per heavy atom. The zero-order valence-electron chi connectivity index (χ0n) is 9.95. The van der Waals surface area contributed by atoms with Gasteiger partial charge in [0.15, 0.2) is 5.76 Å². The van der Waals surface area contributed by atoms with E-state index in [1.165, 1.54) is 0 Å². The molecule has 0 amide bonds. The molecule has 3 rings (SSSR count). The SMILES string of the molecule is Nc1cccc(SCc2nnc(-c3ccco3)o2)c1. The fourth-order valence-electron chi connectivity index (χ4n) is 1.56. The number of furan rings is 1. The van der Waals surface area contributed by atoms with E-state index in [0.29, 0.717) is 23.3 Å². The summed E-state index contributed by atoms with van der Waals surface area (Å²) in [5.74, 6) is 2.12. The first kappa shape index (κ1) is 11.9. The van der Waals surface area contributed by atoms with Gasteiger partial charge in [-0.25, -0.2) is 0 Å². The Balaban J connectivity index is 1.68. The normalized spacial score (nSPS) is 10.7. The van der Waals surface area contributed by atoms with Gasteiger partial charge in [0.25, 0.3) is 5.89 Å². The molecule has 5 nitrogen and oxygen atoms in total. The second-order valence-electron chi connectivity index (χ2n) is 3.84. The van der Waals surface area contributed by atoms with Crippen LogP contribution in [0.4, 0.5) is 5.69 Å². The molecule has 0 radical (unpaired) electrons. The predicted molar refractivity (Wildman–Crippen MR) is 72.4 cm³/mol. The van der Waals surface area contributed by atoms with Crippen molar-refractivity contribution in [2.75, 3.05) is 5.73 Å². The summed E-state index contributed by atoms with van der Waals surface area (Å²) in [4.78, 5) is 1.07. The molecule has 1 aromatic carbocycles. The van der Waals surface area contributed by atoms with Crippen LogP contribution in [0.1, 0.15) is 5.89 Å². The van der Waals surface area contributed by atoms with Gasteiger partial charge in [0, 0.05) is 10.6 Å². The van der Waals surface area contributed by atoms with Gasteiger partial charge in [0.2, 0.25) is 5.89 Å². The van der Waals surface area contributed by atoms with Crippen molar-refractivity contribution in [3.63, 3.8) is 0 Å². The van der Waals surface area contributed by atoms with Gasteiger partial charge in [-0.2, -0.15) is 0 Å². The number of nitrogens with two attached hydrogens (primary N) is 1. The van der Waals surface area contributed by atoms with E-state index in [0.717, 1.165) is 10.6 Å². The van der Waals surface area contributed by atoms with Crippen molar-refractivity contribution in [3.8, 4) is 11.7 Å². The van der Waals surface area contributed by atoms with Gasteiger partial charge in [0.1, 0.15) is 0 Å². The van der Waals surface area contributed by atoms with Crippen LogP contribution < -0.4 is 5.73 Å². The maximum atomic E-state index is 5.72. The van der Waals surface area contributed by atoms with Gasteiger partial charge in [-0.1, -0.05) is 6.07 Å². The van der Waals surface area contributed by atoms with Crippen LogP contribution in [0.2, 0.25) is 0 Å². The van der Waals surface area contributed by atoms with Gasteiger partial charge in [0.05, 0.1) is 12.0 Å². The third kappa shape index (κ3) is 2.79. The molecule has 19 heavy (non-hydrogen) atoms. The van der Waals surface area contributed by atoms with E-state index in [1.54, 1.807) is 30.2 Å². The van der Waals surface area contributed by atoms with Crippen molar-refractivity contribution in [3.05, 3.63) is 48.6 Å². The molecule has 0 spiro atoms. The molecule has 2 N–H and O–H groups in total. The van der Waals surface area contributed by atoms with Crippen LogP contribution in [0.25, 0.3) is 11.7 Å². The molecule has 0 atom stereocenters. The highest BCUT2D eigenvalue weighted by molar-refractivity contribution is 7.98. The minimum absolute atomic E-state index is 0.396. The molecule has 0 aliphatic carbocycles. The topological polar surface area (TPSA) is 78.1 Å². The number of thioether (sulfide) groups is 1. The Labute approximate surface area is 113 Å². The molecule has 3 aromatic rings. The third-order valence-electron chi connectivity index (χ3n) is 2.42. The number of nitrogen functional groups attached to an aromatic ring is 1. The Bertz CT molecular complexity index is 664. The van der Waals surface area contributed by atoms with Crippen LogP contribution in [0.5, 0.6) is 0 Å². The van der Waals surface area contributed by atoms with Crippen LogP contribution in [-0.4, -0.2) is 10.2 Å². The minimum Gasteiger partial charge on any atom is -0.459 e. The molecule has 96 valence electrons. The average molecular weight is 273 g/mol. The quantitative estimate of drug-likeness (QED) is 0.581. The van der Waals surface area contributed by atoms with Gasteiger partial charge in [-0.15, -0.1) is 22.0 Å². The first-order valence-corrected chi connectivity index (χ1v) is 6.64. The number of nitrogens with zero attached hydrogens (tertiary/aromatic N) is 2. The first-order chi connectivity index (χ1) is 9.31. The van der Waals surface area contributed by atoms with Crippen molar-refractivity contribution >= 4 is 17.4 Å². The van der Waals surface area contributed by atoms with Crippen molar-refractivity contribution in [2.45, 2.75) is 10.6 Å².